The lowest BCUT2D eigenvalue weighted by atomic mass is 9.89. The van der Waals surface area contributed by atoms with Crippen LogP contribution in [0.1, 0.15) is 33.0 Å². The van der Waals surface area contributed by atoms with Crippen molar-refractivity contribution >= 4 is 16.9 Å². The van der Waals surface area contributed by atoms with Crippen molar-refractivity contribution in [1.82, 2.24) is 15.3 Å². The number of fused-ring (bicyclic) bond motifs is 1. The maximum atomic E-state index is 11.9. The minimum absolute atomic E-state index is 0.103. The third-order valence-corrected chi connectivity index (χ3v) is 3.58. The van der Waals surface area contributed by atoms with Gasteiger partial charge in [0.25, 0.3) is 0 Å². The number of nitrogens with one attached hydrogen (secondary N) is 2. The van der Waals surface area contributed by atoms with Gasteiger partial charge in [0.15, 0.2) is 0 Å². The van der Waals surface area contributed by atoms with Gasteiger partial charge in [-0.05, 0) is 18.6 Å². The van der Waals surface area contributed by atoms with E-state index in [-0.39, 0.29) is 11.3 Å². The highest BCUT2D eigenvalue weighted by molar-refractivity contribution is 5.81. The van der Waals surface area contributed by atoms with Crippen molar-refractivity contribution in [1.29, 1.82) is 0 Å². The van der Waals surface area contributed by atoms with E-state index in [0.717, 1.165) is 29.7 Å². The molecule has 0 saturated heterocycles. The van der Waals surface area contributed by atoms with E-state index in [1.54, 1.807) is 0 Å². The molecule has 0 saturated carbocycles. The zero-order chi connectivity index (χ0) is 13.9. The number of aromatic amines is 1. The predicted octanol–water partition coefficient (Wildman–Crippen LogP) is 2.66. The molecule has 0 bridgehead atoms. The molecular weight excluding hydrogens is 238 g/mol. The number of carbonyl (C=O) groups excluding carboxylic acids is 1. The fourth-order valence-corrected chi connectivity index (χ4v) is 1.82. The summed E-state index contributed by atoms with van der Waals surface area (Å²) in [6, 6.07) is 7.94. The van der Waals surface area contributed by atoms with E-state index < -0.39 is 0 Å². The maximum absolute atomic E-state index is 11.9. The Bertz CT molecular complexity index is 539. The van der Waals surface area contributed by atoms with Crippen LogP contribution in [-0.4, -0.2) is 22.4 Å². The molecule has 2 rings (SSSR count). The summed E-state index contributed by atoms with van der Waals surface area (Å²) in [4.78, 5) is 19.7. The van der Waals surface area contributed by atoms with Gasteiger partial charge in [0, 0.05) is 18.4 Å². The molecule has 0 aliphatic heterocycles. The van der Waals surface area contributed by atoms with Crippen molar-refractivity contribution in [3.05, 3.63) is 30.1 Å². The molecule has 0 fully saturated rings. The summed E-state index contributed by atoms with van der Waals surface area (Å²) in [7, 11) is 0. The van der Waals surface area contributed by atoms with Crippen LogP contribution < -0.4 is 5.32 Å². The molecule has 0 unspecified atom stereocenters. The van der Waals surface area contributed by atoms with Crippen molar-refractivity contribution in [3.8, 4) is 0 Å². The predicted molar refractivity (Wildman–Crippen MR) is 76.9 cm³/mol. The summed E-state index contributed by atoms with van der Waals surface area (Å²) in [5.41, 5.74) is 1.71. The highest BCUT2D eigenvalue weighted by Gasteiger charge is 2.24. The lowest BCUT2D eigenvalue weighted by molar-refractivity contribution is -0.129. The minimum atomic E-state index is -0.298. The summed E-state index contributed by atoms with van der Waals surface area (Å²) in [5.74, 6) is 1.02. The number of amides is 1. The first kappa shape index (κ1) is 13.6. The number of hydrogen-bond acceptors (Lipinski definition) is 2. The molecule has 102 valence electrons. The van der Waals surface area contributed by atoms with Crippen molar-refractivity contribution in [3.63, 3.8) is 0 Å². The van der Waals surface area contributed by atoms with Crippen LogP contribution in [0.5, 0.6) is 0 Å². The van der Waals surface area contributed by atoms with E-state index in [2.05, 4.69) is 15.3 Å². The van der Waals surface area contributed by atoms with E-state index in [0.29, 0.717) is 6.54 Å². The third kappa shape index (κ3) is 3.13. The summed E-state index contributed by atoms with van der Waals surface area (Å²) in [6.07, 6.45) is 1.56. The van der Waals surface area contributed by atoms with Gasteiger partial charge in [0.1, 0.15) is 5.82 Å². The molecular formula is C15H21N3O. The zero-order valence-electron chi connectivity index (χ0n) is 11.8. The quantitative estimate of drug-likeness (QED) is 0.867. The molecule has 4 nitrogen and oxygen atoms in total. The summed E-state index contributed by atoms with van der Waals surface area (Å²) in [6.45, 7) is 6.56. The van der Waals surface area contributed by atoms with Gasteiger partial charge in [-0.15, -0.1) is 0 Å². The lowest BCUT2D eigenvalue weighted by Crippen LogP contribution is -2.37. The SMILES string of the molecule is CCC(C)(C)C(=O)NCCc1nc2ccccc2[nH]1. The second kappa shape index (κ2) is 5.43. The molecule has 0 atom stereocenters. The molecule has 1 aromatic carbocycles. The first-order chi connectivity index (χ1) is 9.03. The number of aromatic nitrogens is 2. The van der Waals surface area contributed by atoms with Gasteiger partial charge in [-0.2, -0.15) is 0 Å². The van der Waals surface area contributed by atoms with Crippen LogP contribution in [0.4, 0.5) is 0 Å². The maximum Gasteiger partial charge on any atom is 0.225 e. The van der Waals surface area contributed by atoms with Crippen molar-refractivity contribution in [2.45, 2.75) is 33.6 Å². The number of para-hydroxylation sites is 2. The Morgan fingerprint density at radius 3 is 2.79 bits per heavy atom. The fraction of sp³-hybridized carbons (Fsp3) is 0.467. The topological polar surface area (TPSA) is 57.8 Å². The van der Waals surface area contributed by atoms with Gasteiger partial charge >= 0.3 is 0 Å². The molecule has 0 spiro atoms. The Kier molecular flexibility index (Phi) is 3.88. The average Bonchev–Trinajstić information content (AvgIpc) is 2.81. The van der Waals surface area contributed by atoms with Crippen molar-refractivity contribution in [2.75, 3.05) is 6.54 Å². The first-order valence-corrected chi connectivity index (χ1v) is 6.75. The Morgan fingerprint density at radius 2 is 2.11 bits per heavy atom. The first-order valence-electron chi connectivity index (χ1n) is 6.75. The summed E-state index contributed by atoms with van der Waals surface area (Å²) >= 11 is 0. The van der Waals surface area contributed by atoms with E-state index in [1.807, 2.05) is 45.0 Å². The molecule has 4 heteroatoms. The van der Waals surface area contributed by atoms with Crippen molar-refractivity contribution in [2.24, 2.45) is 5.41 Å². The molecule has 1 amide bonds. The summed E-state index contributed by atoms with van der Waals surface area (Å²) < 4.78 is 0. The van der Waals surface area contributed by atoms with Crippen LogP contribution in [0, 0.1) is 5.41 Å². The Hall–Kier alpha value is -1.84. The number of rotatable bonds is 5. The highest BCUT2D eigenvalue weighted by Crippen LogP contribution is 2.19. The van der Waals surface area contributed by atoms with Gasteiger partial charge in [0.2, 0.25) is 5.91 Å². The Balaban J connectivity index is 1.91. The van der Waals surface area contributed by atoms with Crippen LogP contribution >= 0.6 is 0 Å². The van der Waals surface area contributed by atoms with Gasteiger partial charge in [-0.25, -0.2) is 4.98 Å². The molecule has 0 aliphatic rings. The van der Waals surface area contributed by atoms with E-state index in [4.69, 9.17) is 0 Å². The highest BCUT2D eigenvalue weighted by atomic mass is 16.2. The molecule has 0 aliphatic carbocycles. The van der Waals surface area contributed by atoms with E-state index >= 15 is 0 Å². The van der Waals surface area contributed by atoms with Gasteiger partial charge < -0.3 is 10.3 Å². The zero-order valence-corrected chi connectivity index (χ0v) is 11.8. The molecule has 0 radical (unpaired) electrons. The van der Waals surface area contributed by atoms with Crippen LogP contribution in [0.3, 0.4) is 0 Å². The van der Waals surface area contributed by atoms with Crippen LogP contribution in [-0.2, 0) is 11.2 Å². The minimum Gasteiger partial charge on any atom is -0.355 e. The largest absolute Gasteiger partial charge is 0.355 e. The van der Waals surface area contributed by atoms with Crippen LogP contribution in [0.15, 0.2) is 24.3 Å². The molecule has 1 aromatic heterocycles. The normalized spacial score (nSPS) is 11.7. The molecule has 1 heterocycles. The Morgan fingerprint density at radius 1 is 1.37 bits per heavy atom. The van der Waals surface area contributed by atoms with Gasteiger partial charge in [0.05, 0.1) is 11.0 Å². The Labute approximate surface area is 113 Å². The van der Waals surface area contributed by atoms with Crippen LogP contribution in [0.25, 0.3) is 11.0 Å². The van der Waals surface area contributed by atoms with E-state index in [1.165, 1.54) is 0 Å². The monoisotopic (exact) mass is 259 g/mol. The molecule has 2 aromatic rings. The fourth-order valence-electron chi connectivity index (χ4n) is 1.82. The lowest BCUT2D eigenvalue weighted by Gasteiger charge is -2.21. The smallest absolute Gasteiger partial charge is 0.225 e. The average molecular weight is 259 g/mol. The number of carbonyl (C=O) groups is 1. The van der Waals surface area contributed by atoms with Crippen molar-refractivity contribution < 1.29 is 4.79 Å². The number of H-pyrrole nitrogens is 1. The van der Waals surface area contributed by atoms with Gasteiger partial charge in [-0.3, -0.25) is 4.79 Å². The molecule has 19 heavy (non-hydrogen) atoms. The standard InChI is InChI=1S/C15H21N3O/c1-4-15(2,3)14(19)16-10-9-13-17-11-7-5-6-8-12(11)18-13/h5-8H,4,9-10H2,1-3H3,(H,16,19)(H,17,18). The van der Waals surface area contributed by atoms with Crippen LogP contribution in [0.2, 0.25) is 0 Å². The van der Waals surface area contributed by atoms with Gasteiger partial charge in [-0.1, -0.05) is 32.9 Å². The number of hydrogen-bond donors (Lipinski definition) is 2. The molecule has 2 N–H and O–H groups in total. The second-order valence-electron chi connectivity index (χ2n) is 5.44. The third-order valence-electron chi connectivity index (χ3n) is 3.58. The van der Waals surface area contributed by atoms with E-state index in [9.17, 15) is 4.79 Å². The number of benzene rings is 1. The summed E-state index contributed by atoms with van der Waals surface area (Å²) in [5, 5.41) is 2.97. The second-order valence-corrected chi connectivity index (χ2v) is 5.44. The number of nitrogens with zero attached hydrogens (tertiary/aromatic N) is 1. The number of imidazole rings is 1.